The van der Waals surface area contributed by atoms with E-state index in [-0.39, 0.29) is 13.2 Å². The zero-order valence-corrected chi connectivity index (χ0v) is 12.4. The molecule has 1 atom stereocenters. The van der Waals surface area contributed by atoms with Crippen molar-refractivity contribution in [2.45, 2.75) is 18.7 Å². The highest BCUT2D eigenvalue weighted by atomic mass is 32.2. The maximum atomic E-state index is 12.5. The van der Waals surface area contributed by atoms with E-state index in [0.717, 1.165) is 0 Å². The van der Waals surface area contributed by atoms with Crippen LogP contribution in [0.25, 0.3) is 0 Å². The topological polar surface area (TPSA) is 65.0 Å². The second kappa shape index (κ2) is 6.48. The quantitative estimate of drug-likeness (QED) is 0.754. The van der Waals surface area contributed by atoms with Gasteiger partial charge in [0.25, 0.3) is 0 Å². The molecule has 0 aliphatic heterocycles. The number of hydrogen-bond donors (Lipinski definition) is 0. The molecule has 0 spiro atoms. The van der Waals surface area contributed by atoms with E-state index < -0.39 is 17.5 Å². The molecule has 0 heterocycles. The van der Waals surface area contributed by atoms with Crippen molar-refractivity contribution >= 4 is 17.5 Å². The highest BCUT2D eigenvalue weighted by Crippen LogP contribution is 2.51. The first kappa shape index (κ1) is 15.4. The van der Waals surface area contributed by atoms with E-state index in [1.165, 1.54) is 6.26 Å². The molecule has 1 aromatic carbocycles. The number of nitrogens with zero attached hydrogens (tertiary/aromatic N) is 1. The fraction of sp³-hybridized carbons (Fsp3) is 0.455. The van der Waals surface area contributed by atoms with Crippen LogP contribution in [-0.2, 0) is 23.3 Å². The molecule has 0 aliphatic rings. The molecule has 0 saturated heterocycles. The summed E-state index contributed by atoms with van der Waals surface area (Å²) in [6.07, 6.45) is 1.42. The van der Waals surface area contributed by atoms with E-state index in [0.29, 0.717) is 4.90 Å². The Balaban J connectivity index is 3.20. The Morgan fingerprint density at radius 3 is 2.11 bits per heavy atom. The van der Waals surface area contributed by atoms with Gasteiger partial charge in [0.2, 0.25) is 0 Å². The molecule has 0 bridgehead atoms. The van der Waals surface area contributed by atoms with Crippen molar-refractivity contribution in [1.82, 2.24) is 0 Å². The summed E-state index contributed by atoms with van der Waals surface area (Å²) in [6.45, 7) is 3.73. The van der Waals surface area contributed by atoms with E-state index >= 15 is 0 Å². The SMILES string of the molecule is CCOP(=O)(N=S(C)(=O)c1ccccc1)OCC. The van der Waals surface area contributed by atoms with E-state index in [1.54, 1.807) is 38.1 Å². The van der Waals surface area contributed by atoms with E-state index in [2.05, 4.69) is 4.13 Å². The third-order valence-corrected chi connectivity index (χ3v) is 6.38. The molecule has 0 amide bonds. The van der Waals surface area contributed by atoms with Gasteiger partial charge in [-0.2, -0.15) is 0 Å². The van der Waals surface area contributed by atoms with Gasteiger partial charge in [-0.15, -0.1) is 4.13 Å². The van der Waals surface area contributed by atoms with Gasteiger partial charge < -0.3 is 0 Å². The molecule has 0 saturated carbocycles. The summed E-state index contributed by atoms with van der Waals surface area (Å²) in [6, 6.07) is 8.66. The Morgan fingerprint density at radius 2 is 1.67 bits per heavy atom. The van der Waals surface area contributed by atoms with Crippen molar-refractivity contribution in [3.05, 3.63) is 30.3 Å². The summed E-state index contributed by atoms with van der Waals surface area (Å²) in [7, 11) is -6.46. The smallest absolute Gasteiger partial charge is 0.291 e. The molecule has 5 nitrogen and oxygen atoms in total. The van der Waals surface area contributed by atoms with Crippen LogP contribution in [0.5, 0.6) is 0 Å². The van der Waals surface area contributed by atoms with Crippen LogP contribution in [0, 0.1) is 0 Å². The van der Waals surface area contributed by atoms with Crippen LogP contribution in [0.3, 0.4) is 0 Å². The molecular formula is C11H18NO4PS. The minimum atomic E-state index is -3.66. The van der Waals surface area contributed by atoms with Gasteiger partial charge in [-0.05, 0) is 26.0 Å². The number of benzene rings is 1. The highest BCUT2D eigenvalue weighted by Gasteiger charge is 2.25. The van der Waals surface area contributed by atoms with Crippen LogP contribution in [0.15, 0.2) is 39.4 Å². The first-order valence-electron chi connectivity index (χ1n) is 5.61. The summed E-state index contributed by atoms with van der Waals surface area (Å²) in [4.78, 5) is 0.504. The standard InChI is InChI=1S/C11H18NO4PS/c1-4-15-17(13,16-5-2)12-18(3,14)11-9-7-6-8-10-11/h6-10H,4-5H2,1-3H3. The third-order valence-electron chi connectivity index (χ3n) is 2.02. The van der Waals surface area contributed by atoms with Crippen LogP contribution >= 0.6 is 7.75 Å². The molecule has 1 aromatic rings. The molecule has 0 aromatic heterocycles. The van der Waals surface area contributed by atoms with E-state index in [4.69, 9.17) is 9.05 Å². The van der Waals surface area contributed by atoms with E-state index in [1.807, 2.05) is 6.07 Å². The van der Waals surface area contributed by atoms with Crippen molar-refractivity contribution in [1.29, 1.82) is 0 Å². The Labute approximate surface area is 108 Å². The second-order valence-electron chi connectivity index (χ2n) is 3.50. The fourth-order valence-electron chi connectivity index (χ4n) is 1.32. The molecule has 7 heteroatoms. The van der Waals surface area contributed by atoms with Gasteiger partial charge in [0, 0.05) is 11.2 Å². The van der Waals surface area contributed by atoms with Gasteiger partial charge in [0.1, 0.15) is 0 Å². The summed E-state index contributed by atoms with van der Waals surface area (Å²) in [5, 5.41) is 0. The average molecular weight is 291 g/mol. The Kier molecular flexibility index (Phi) is 5.53. The molecule has 0 radical (unpaired) electrons. The molecule has 1 rings (SSSR count). The fourth-order valence-corrected chi connectivity index (χ4v) is 4.99. The molecule has 0 aliphatic carbocycles. The summed E-state index contributed by atoms with van der Waals surface area (Å²) < 4.78 is 38.5. The molecule has 102 valence electrons. The lowest BCUT2D eigenvalue weighted by Gasteiger charge is -2.13. The first-order valence-corrected chi connectivity index (χ1v) is 9.03. The van der Waals surface area contributed by atoms with Gasteiger partial charge in [-0.1, -0.05) is 18.2 Å². The van der Waals surface area contributed by atoms with Crippen molar-refractivity contribution in [3.63, 3.8) is 0 Å². The molecule has 18 heavy (non-hydrogen) atoms. The summed E-state index contributed by atoms with van der Waals surface area (Å²) >= 11 is 0. The van der Waals surface area contributed by atoms with Crippen molar-refractivity contribution < 1.29 is 17.8 Å². The summed E-state index contributed by atoms with van der Waals surface area (Å²) in [5.41, 5.74) is 0. The van der Waals surface area contributed by atoms with E-state index in [9.17, 15) is 8.77 Å². The average Bonchev–Trinajstić information content (AvgIpc) is 2.29. The zero-order chi connectivity index (χ0) is 13.6. The molecular weight excluding hydrogens is 273 g/mol. The predicted molar refractivity (Wildman–Crippen MR) is 72.1 cm³/mol. The second-order valence-corrected chi connectivity index (χ2v) is 7.68. The first-order chi connectivity index (χ1) is 8.43. The molecule has 0 N–H and O–H groups in total. The molecule has 1 unspecified atom stereocenters. The van der Waals surface area contributed by atoms with Gasteiger partial charge in [0.15, 0.2) is 0 Å². The van der Waals surface area contributed by atoms with Gasteiger partial charge in [0.05, 0.1) is 22.9 Å². The van der Waals surface area contributed by atoms with Gasteiger partial charge in [-0.3, -0.25) is 9.05 Å². The van der Waals surface area contributed by atoms with Crippen molar-refractivity contribution in [2.75, 3.05) is 19.5 Å². The van der Waals surface area contributed by atoms with Gasteiger partial charge >= 0.3 is 7.75 Å². The minimum Gasteiger partial charge on any atom is -0.291 e. The van der Waals surface area contributed by atoms with Crippen molar-refractivity contribution in [2.24, 2.45) is 4.13 Å². The Morgan fingerprint density at radius 1 is 1.17 bits per heavy atom. The lowest BCUT2D eigenvalue weighted by molar-refractivity contribution is 0.221. The summed E-state index contributed by atoms with van der Waals surface area (Å²) in [5.74, 6) is 0. The van der Waals surface area contributed by atoms with Crippen LogP contribution in [0.1, 0.15) is 13.8 Å². The lowest BCUT2D eigenvalue weighted by Crippen LogP contribution is -2.01. The number of hydrogen-bond acceptors (Lipinski definition) is 4. The molecule has 0 fully saturated rings. The third kappa shape index (κ3) is 4.21. The highest BCUT2D eigenvalue weighted by molar-refractivity contribution is 7.95. The van der Waals surface area contributed by atoms with Crippen LogP contribution in [0.4, 0.5) is 0 Å². The predicted octanol–water partition coefficient (Wildman–Crippen LogP) is 3.32. The normalized spacial score (nSPS) is 15.1. The Bertz CT molecular complexity index is 527. The minimum absolute atomic E-state index is 0.186. The Hall–Kier alpha value is -0.680. The largest absolute Gasteiger partial charge is 0.462 e. The number of rotatable bonds is 6. The van der Waals surface area contributed by atoms with Crippen LogP contribution in [0.2, 0.25) is 0 Å². The van der Waals surface area contributed by atoms with Gasteiger partial charge in [-0.25, -0.2) is 8.77 Å². The maximum Gasteiger partial charge on any atom is 0.462 e. The zero-order valence-electron chi connectivity index (χ0n) is 10.7. The lowest BCUT2D eigenvalue weighted by atomic mass is 10.4. The monoisotopic (exact) mass is 291 g/mol. The maximum absolute atomic E-state index is 12.5. The van der Waals surface area contributed by atoms with Crippen molar-refractivity contribution in [3.8, 4) is 0 Å². The van der Waals surface area contributed by atoms with Crippen LogP contribution in [-0.4, -0.2) is 23.7 Å². The van der Waals surface area contributed by atoms with Crippen LogP contribution < -0.4 is 0 Å².